The van der Waals surface area contributed by atoms with Gasteiger partial charge in [0.25, 0.3) is 0 Å². The summed E-state index contributed by atoms with van der Waals surface area (Å²) in [7, 11) is 0. The summed E-state index contributed by atoms with van der Waals surface area (Å²) >= 11 is 0. The average Bonchev–Trinajstić information content (AvgIpc) is 2.12. The quantitative estimate of drug-likeness (QED) is 0.628. The fourth-order valence-electron chi connectivity index (χ4n) is 1.54. The normalized spacial score (nSPS) is 21.4. The lowest BCUT2D eigenvalue weighted by Gasteiger charge is -2.22. The maximum Gasteiger partial charge on any atom is 0.159 e. The zero-order valence-electron chi connectivity index (χ0n) is 7.00. The van der Waals surface area contributed by atoms with Crippen LogP contribution in [0.15, 0.2) is 24.3 Å². The maximum atomic E-state index is 11.3. The molecule has 62 valence electrons. The first-order valence-corrected chi connectivity index (χ1v) is 4.14. The Balaban J connectivity index is 2.48. The molecule has 1 heterocycles. The minimum absolute atomic E-state index is 0.0578. The Labute approximate surface area is 71.6 Å². The van der Waals surface area contributed by atoms with E-state index in [9.17, 15) is 4.79 Å². The lowest BCUT2D eigenvalue weighted by atomic mass is 9.92. The fraction of sp³-hybridized carbons (Fsp3) is 0.300. The highest BCUT2D eigenvalue weighted by molar-refractivity contribution is 5.93. The van der Waals surface area contributed by atoms with Gasteiger partial charge in [-0.3, -0.25) is 4.79 Å². The summed E-state index contributed by atoms with van der Waals surface area (Å²) in [6.07, 6.45) is 0. The van der Waals surface area contributed by atoms with Crippen molar-refractivity contribution in [2.45, 2.75) is 12.8 Å². The number of anilines is 1. The Bertz CT molecular complexity index is 319. The predicted molar refractivity (Wildman–Crippen MR) is 48.4 cm³/mol. The van der Waals surface area contributed by atoms with Gasteiger partial charge < -0.3 is 5.32 Å². The molecule has 1 N–H and O–H groups in total. The largest absolute Gasteiger partial charge is 0.378 e. The Kier molecular flexibility index (Phi) is 1.61. The maximum absolute atomic E-state index is 11.3. The van der Waals surface area contributed by atoms with Gasteiger partial charge in [0.15, 0.2) is 5.78 Å². The summed E-state index contributed by atoms with van der Waals surface area (Å²) in [6.45, 7) is 2.43. The number of hydrogen-bond donors (Lipinski definition) is 1. The van der Waals surface area contributed by atoms with E-state index in [-0.39, 0.29) is 11.7 Å². The van der Waals surface area contributed by atoms with Gasteiger partial charge in [-0.05, 0) is 11.6 Å². The molecule has 0 saturated carbocycles. The van der Waals surface area contributed by atoms with Crippen LogP contribution in [-0.4, -0.2) is 12.3 Å². The molecule has 0 spiro atoms. The third-order valence-corrected chi connectivity index (χ3v) is 2.36. The molecular weight excluding hydrogens is 150 g/mol. The van der Waals surface area contributed by atoms with Crippen molar-refractivity contribution in [1.29, 1.82) is 0 Å². The summed E-state index contributed by atoms with van der Waals surface area (Å²) in [5.74, 6) is 0.330. The molecule has 0 bridgehead atoms. The van der Waals surface area contributed by atoms with Crippen molar-refractivity contribution in [3.05, 3.63) is 29.8 Å². The Morgan fingerprint density at radius 1 is 1.42 bits per heavy atom. The van der Waals surface area contributed by atoms with Crippen LogP contribution < -0.4 is 5.32 Å². The van der Waals surface area contributed by atoms with Gasteiger partial charge in [-0.1, -0.05) is 25.1 Å². The minimum Gasteiger partial charge on any atom is -0.378 e. The van der Waals surface area contributed by atoms with Crippen LogP contribution in [0.3, 0.4) is 0 Å². The van der Waals surface area contributed by atoms with Crippen LogP contribution in [0, 0.1) is 0 Å². The van der Waals surface area contributed by atoms with Gasteiger partial charge in [0.05, 0.1) is 6.54 Å². The Morgan fingerprint density at radius 2 is 2.17 bits per heavy atom. The summed E-state index contributed by atoms with van der Waals surface area (Å²) in [5, 5.41) is 3.09. The molecule has 1 aliphatic rings. The molecule has 1 aromatic rings. The van der Waals surface area contributed by atoms with Gasteiger partial charge >= 0.3 is 0 Å². The fourth-order valence-corrected chi connectivity index (χ4v) is 1.54. The summed E-state index contributed by atoms with van der Waals surface area (Å²) in [5.41, 5.74) is 2.22. The number of rotatable bonds is 0. The van der Waals surface area contributed by atoms with Crippen molar-refractivity contribution in [3.8, 4) is 0 Å². The number of benzene rings is 1. The Morgan fingerprint density at radius 3 is 3.00 bits per heavy atom. The van der Waals surface area contributed by atoms with E-state index in [1.54, 1.807) is 0 Å². The van der Waals surface area contributed by atoms with E-state index in [0.717, 1.165) is 11.3 Å². The highest BCUT2D eigenvalue weighted by atomic mass is 16.1. The number of Topliss-reactive ketones (excluding diaryl/α,β-unsaturated/α-hetero) is 1. The van der Waals surface area contributed by atoms with Crippen molar-refractivity contribution >= 4 is 11.5 Å². The predicted octanol–water partition coefficient (Wildman–Crippen LogP) is 1.78. The van der Waals surface area contributed by atoms with Gasteiger partial charge in [-0.15, -0.1) is 0 Å². The molecule has 0 saturated heterocycles. The van der Waals surface area contributed by atoms with Gasteiger partial charge in [0.1, 0.15) is 0 Å². The lowest BCUT2D eigenvalue weighted by molar-refractivity contribution is -0.118. The monoisotopic (exact) mass is 161 g/mol. The summed E-state index contributed by atoms with van der Waals surface area (Å²) in [6, 6.07) is 7.96. The Hall–Kier alpha value is -1.31. The zero-order chi connectivity index (χ0) is 8.55. The first kappa shape index (κ1) is 7.35. The molecule has 12 heavy (non-hydrogen) atoms. The van der Waals surface area contributed by atoms with Crippen molar-refractivity contribution in [3.63, 3.8) is 0 Å². The summed E-state index contributed by atoms with van der Waals surface area (Å²) in [4.78, 5) is 11.3. The second-order valence-electron chi connectivity index (χ2n) is 3.13. The molecule has 0 amide bonds. The number of nitrogens with one attached hydrogen (secondary N) is 1. The van der Waals surface area contributed by atoms with Crippen LogP contribution in [0.25, 0.3) is 0 Å². The van der Waals surface area contributed by atoms with Gasteiger partial charge in [0, 0.05) is 11.6 Å². The number of ketones is 1. The number of hydrogen-bond acceptors (Lipinski definition) is 2. The number of carbonyl (C=O) groups excluding carboxylic acids is 1. The second kappa shape index (κ2) is 2.63. The SMILES string of the molecule is CC1C(=O)CNc2ccccc21. The van der Waals surface area contributed by atoms with Crippen molar-refractivity contribution < 1.29 is 4.79 Å². The standard InChI is InChI=1S/C10H11NO/c1-7-8-4-2-3-5-9(8)11-6-10(7)12/h2-5,7,11H,6H2,1H3. The first-order valence-electron chi connectivity index (χ1n) is 4.14. The zero-order valence-corrected chi connectivity index (χ0v) is 7.00. The molecule has 1 unspecified atom stereocenters. The van der Waals surface area contributed by atoms with E-state index in [2.05, 4.69) is 5.32 Å². The van der Waals surface area contributed by atoms with E-state index in [4.69, 9.17) is 0 Å². The first-order chi connectivity index (χ1) is 5.79. The molecule has 0 aromatic heterocycles. The molecule has 1 aromatic carbocycles. The molecule has 0 aliphatic carbocycles. The van der Waals surface area contributed by atoms with E-state index in [1.807, 2.05) is 31.2 Å². The van der Waals surface area contributed by atoms with Crippen LogP contribution >= 0.6 is 0 Å². The number of fused-ring (bicyclic) bond motifs is 1. The van der Waals surface area contributed by atoms with E-state index < -0.39 is 0 Å². The number of para-hydroxylation sites is 1. The molecule has 0 radical (unpaired) electrons. The highest BCUT2D eigenvalue weighted by Gasteiger charge is 2.22. The van der Waals surface area contributed by atoms with E-state index in [0.29, 0.717) is 6.54 Å². The van der Waals surface area contributed by atoms with E-state index >= 15 is 0 Å². The summed E-state index contributed by atoms with van der Waals surface area (Å²) < 4.78 is 0. The molecular formula is C10H11NO. The lowest BCUT2D eigenvalue weighted by Crippen LogP contribution is -2.25. The van der Waals surface area contributed by atoms with Crippen molar-refractivity contribution in [2.24, 2.45) is 0 Å². The minimum atomic E-state index is 0.0578. The van der Waals surface area contributed by atoms with Crippen LogP contribution in [-0.2, 0) is 4.79 Å². The molecule has 1 aliphatic heterocycles. The second-order valence-corrected chi connectivity index (χ2v) is 3.13. The van der Waals surface area contributed by atoms with Crippen molar-refractivity contribution in [1.82, 2.24) is 0 Å². The van der Waals surface area contributed by atoms with Gasteiger partial charge in [-0.25, -0.2) is 0 Å². The third-order valence-electron chi connectivity index (χ3n) is 2.36. The van der Waals surface area contributed by atoms with Crippen LogP contribution in [0.4, 0.5) is 5.69 Å². The van der Waals surface area contributed by atoms with Crippen LogP contribution in [0.1, 0.15) is 18.4 Å². The molecule has 2 rings (SSSR count). The molecule has 0 fully saturated rings. The topological polar surface area (TPSA) is 29.1 Å². The smallest absolute Gasteiger partial charge is 0.159 e. The van der Waals surface area contributed by atoms with Crippen molar-refractivity contribution in [2.75, 3.05) is 11.9 Å². The van der Waals surface area contributed by atoms with Crippen LogP contribution in [0.5, 0.6) is 0 Å². The highest BCUT2D eigenvalue weighted by Crippen LogP contribution is 2.28. The molecule has 2 heteroatoms. The van der Waals surface area contributed by atoms with Gasteiger partial charge in [-0.2, -0.15) is 0 Å². The van der Waals surface area contributed by atoms with Gasteiger partial charge in [0.2, 0.25) is 0 Å². The third kappa shape index (κ3) is 0.998. The number of carbonyl (C=O) groups is 1. The van der Waals surface area contributed by atoms with Crippen LogP contribution in [0.2, 0.25) is 0 Å². The van der Waals surface area contributed by atoms with E-state index in [1.165, 1.54) is 0 Å². The molecule has 1 atom stereocenters. The molecule has 2 nitrogen and oxygen atoms in total. The average molecular weight is 161 g/mol.